The molecule has 4 heteroatoms. The summed E-state index contributed by atoms with van der Waals surface area (Å²) in [5.41, 5.74) is 0.790. The second-order valence-electron chi connectivity index (χ2n) is 5.17. The molecule has 0 amide bonds. The Morgan fingerprint density at radius 2 is 1.84 bits per heavy atom. The van der Waals surface area contributed by atoms with Crippen LogP contribution in [0, 0.1) is 17.6 Å². The van der Waals surface area contributed by atoms with Gasteiger partial charge < -0.3 is 10.2 Å². The number of nitrogens with zero attached hydrogens (tertiary/aromatic N) is 1. The molecule has 1 fully saturated rings. The maximum absolute atomic E-state index is 14.1. The lowest BCUT2D eigenvalue weighted by molar-refractivity contribution is 0.562. The minimum absolute atomic E-state index is 0.134. The van der Waals surface area contributed by atoms with E-state index in [-0.39, 0.29) is 5.69 Å². The number of anilines is 1. The second-order valence-corrected chi connectivity index (χ2v) is 5.17. The first-order chi connectivity index (χ1) is 9.15. The van der Waals surface area contributed by atoms with Gasteiger partial charge in [-0.25, -0.2) is 8.78 Å². The van der Waals surface area contributed by atoms with E-state index in [0.717, 1.165) is 13.1 Å². The third-order valence-corrected chi connectivity index (χ3v) is 3.53. The van der Waals surface area contributed by atoms with E-state index >= 15 is 0 Å². The lowest BCUT2D eigenvalue weighted by Gasteiger charge is -2.24. The molecule has 0 spiro atoms. The minimum atomic E-state index is -0.449. The van der Waals surface area contributed by atoms with Gasteiger partial charge in [-0.2, -0.15) is 0 Å². The third kappa shape index (κ3) is 3.66. The van der Waals surface area contributed by atoms with Crippen LogP contribution in [0.4, 0.5) is 14.5 Å². The van der Waals surface area contributed by atoms with Crippen molar-refractivity contribution < 1.29 is 8.78 Å². The normalized spacial score (nSPS) is 14.7. The predicted molar refractivity (Wildman–Crippen MR) is 74.3 cm³/mol. The van der Waals surface area contributed by atoms with Crippen molar-refractivity contribution in [1.82, 2.24) is 5.32 Å². The van der Waals surface area contributed by atoms with Gasteiger partial charge in [-0.05, 0) is 49.9 Å². The van der Waals surface area contributed by atoms with Crippen molar-refractivity contribution in [3.63, 3.8) is 0 Å². The van der Waals surface area contributed by atoms with E-state index in [1.54, 1.807) is 0 Å². The Bertz CT molecular complexity index is 407. The zero-order valence-electron chi connectivity index (χ0n) is 11.7. The highest BCUT2D eigenvalue weighted by Crippen LogP contribution is 2.33. The molecule has 1 aromatic carbocycles. The van der Waals surface area contributed by atoms with E-state index in [1.165, 1.54) is 25.0 Å². The predicted octanol–water partition coefficient (Wildman–Crippen LogP) is 3.31. The van der Waals surface area contributed by atoms with Crippen molar-refractivity contribution in [3.05, 3.63) is 29.3 Å². The summed E-state index contributed by atoms with van der Waals surface area (Å²) in [6, 6.07) is 2.88. The Hall–Kier alpha value is -1.16. The van der Waals surface area contributed by atoms with E-state index in [1.807, 2.05) is 18.7 Å². The highest BCUT2D eigenvalue weighted by atomic mass is 19.1. The molecule has 106 valence electrons. The molecule has 19 heavy (non-hydrogen) atoms. The number of halogens is 2. The lowest BCUT2D eigenvalue weighted by atomic mass is 10.1. The Labute approximate surface area is 113 Å². The largest absolute Gasteiger partial charge is 0.367 e. The highest BCUT2D eigenvalue weighted by Gasteiger charge is 2.26. The van der Waals surface area contributed by atoms with Crippen LogP contribution in [0.25, 0.3) is 0 Å². The van der Waals surface area contributed by atoms with Crippen LogP contribution in [-0.2, 0) is 6.54 Å². The van der Waals surface area contributed by atoms with E-state index in [9.17, 15) is 8.78 Å². The first kappa shape index (κ1) is 14.3. The monoisotopic (exact) mass is 268 g/mol. The number of hydrogen-bond acceptors (Lipinski definition) is 2. The van der Waals surface area contributed by atoms with Crippen molar-refractivity contribution in [2.75, 3.05) is 24.5 Å². The van der Waals surface area contributed by atoms with Crippen molar-refractivity contribution >= 4 is 5.69 Å². The number of hydrogen-bond donors (Lipinski definition) is 1. The quantitative estimate of drug-likeness (QED) is 0.816. The fourth-order valence-electron chi connectivity index (χ4n) is 2.28. The number of nitrogens with one attached hydrogen (secondary N) is 1. The molecule has 1 aliphatic carbocycles. The molecule has 1 aromatic rings. The van der Waals surface area contributed by atoms with Crippen molar-refractivity contribution in [1.29, 1.82) is 0 Å². The molecule has 2 nitrogen and oxygen atoms in total. The summed E-state index contributed by atoms with van der Waals surface area (Å²) in [5, 5.41) is 3.08. The summed E-state index contributed by atoms with van der Waals surface area (Å²) in [6.07, 6.45) is 2.36. The average molecular weight is 268 g/mol. The first-order valence-electron chi connectivity index (χ1n) is 7.09. The Morgan fingerprint density at radius 1 is 1.21 bits per heavy atom. The van der Waals surface area contributed by atoms with Crippen molar-refractivity contribution in [3.8, 4) is 0 Å². The summed E-state index contributed by atoms with van der Waals surface area (Å²) < 4.78 is 28.3. The second kappa shape index (κ2) is 6.33. The van der Waals surface area contributed by atoms with Gasteiger partial charge in [0.05, 0.1) is 0 Å². The molecule has 1 N–H and O–H groups in total. The highest BCUT2D eigenvalue weighted by molar-refractivity contribution is 5.51. The standard InChI is InChI=1S/C15H22F2N2/c1-3-18-9-12-7-13(16)15(14(17)8-12)19(4-2)10-11-5-6-11/h7-8,11,18H,3-6,9-10H2,1-2H3. The molecule has 0 radical (unpaired) electrons. The minimum Gasteiger partial charge on any atom is -0.367 e. The topological polar surface area (TPSA) is 15.3 Å². The zero-order valence-corrected chi connectivity index (χ0v) is 11.7. The van der Waals surface area contributed by atoms with Gasteiger partial charge in [-0.15, -0.1) is 0 Å². The van der Waals surface area contributed by atoms with Crippen LogP contribution in [0.5, 0.6) is 0 Å². The molecule has 0 heterocycles. The van der Waals surface area contributed by atoms with Crippen LogP contribution in [0.1, 0.15) is 32.3 Å². The van der Waals surface area contributed by atoms with Gasteiger partial charge in [0, 0.05) is 19.6 Å². The van der Waals surface area contributed by atoms with E-state index in [4.69, 9.17) is 0 Å². The van der Waals surface area contributed by atoms with E-state index in [0.29, 0.717) is 24.6 Å². The van der Waals surface area contributed by atoms with E-state index < -0.39 is 11.6 Å². The molecule has 0 atom stereocenters. The van der Waals surface area contributed by atoms with Crippen molar-refractivity contribution in [2.24, 2.45) is 5.92 Å². The summed E-state index contributed by atoms with van der Waals surface area (Å²) in [5.74, 6) is -0.286. The third-order valence-electron chi connectivity index (χ3n) is 3.53. The lowest BCUT2D eigenvalue weighted by Crippen LogP contribution is -2.27. The Morgan fingerprint density at radius 3 is 2.32 bits per heavy atom. The molecule has 0 aliphatic heterocycles. The van der Waals surface area contributed by atoms with Gasteiger partial charge in [-0.3, -0.25) is 0 Å². The molecule has 0 saturated heterocycles. The molecular weight excluding hydrogens is 246 g/mol. The van der Waals surface area contributed by atoms with Crippen LogP contribution in [0.3, 0.4) is 0 Å². The van der Waals surface area contributed by atoms with Gasteiger partial charge >= 0.3 is 0 Å². The van der Waals surface area contributed by atoms with Crippen molar-refractivity contribution in [2.45, 2.75) is 33.2 Å². The Kier molecular flexibility index (Phi) is 4.75. The zero-order chi connectivity index (χ0) is 13.8. The summed E-state index contributed by atoms with van der Waals surface area (Å²) >= 11 is 0. The first-order valence-corrected chi connectivity index (χ1v) is 7.09. The molecular formula is C15H22F2N2. The van der Waals surface area contributed by atoms with Gasteiger partial charge in [0.25, 0.3) is 0 Å². The fraction of sp³-hybridized carbons (Fsp3) is 0.600. The van der Waals surface area contributed by atoms with Crippen LogP contribution in [0.15, 0.2) is 12.1 Å². The van der Waals surface area contributed by atoms with Crippen LogP contribution in [0.2, 0.25) is 0 Å². The summed E-state index contributed by atoms with van der Waals surface area (Å²) in [6.45, 7) is 6.59. The van der Waals surface area contributed by atoms with Gasteiger partial charge in [-0.1, -0.05) is 6.92 Å². The molecule has 1 saturated carbocycles. The smallest absolute Gasteiger partial charge is 0.149 e. The maximum Gasteiger partial charge on any atom is 0.149 e. The summed E-state index contributed by atoms with van der Waals surface area (Å²) in [4.78, 5) is 1.82. The maximum atomic E-state index is 14.1. The van der Waals surface area contributed by atoms with Crippen LogP contribution in [-0.4, -0.2) is 19.6 Å². The number of benzene rings is 1. The molecule has 0 bridgehead atoms. The Balaban J connectivity index is 2.18. The van der Waals surface area contributed by atoms with Crippen LogP contribution < -0.4 is 10.2 Å². The van der Waals surface area contributed by atoms with Gasteiger partial charge in [0.1, 0.15) is 17.3 Å². The summed E-state index contributed by atoms with van der Waals surface area (Å²) in [7, 11) is 0. The molecule has 1 aliphatic rings. The average Bonchev–Trinajstić information content (AvgIpc) is 3.18. The molecule has 2 rings (SSSR count). The van der Waals surface area contributed by atoms with Crippen LogP contribution >= 0.6 is 0 Å². The molecule has 0 aromatic heterocycles. The van der Waals surface area contributed by atoms with Gasteiger partial charge in [0.15, 0.2) is 0 Å². The SMILES string of the molecule is CCNCc1cc(F)c(N(CC)CC2CC2)c(F)c1. The van der Waals surface area contributed by atoms with Gasteiger partial charge in [0.2, 0.25) is 0 Å². The molecule has 0 unspecified atom stereocenters. The van der Waals surface area contributed by atoms with E-state index in [2.05, 4.69) is 5.32 Å². The number of rotatable bonds is 7. The fourth-order valence-corrected chi connectivity index (χ4v) is 2.28.